The fourth-order valence-corrected chi connectivity index (χ4v) is 8.31. The van der Waals surface area contributed by atoms with Crippen LogP contribution >= 0.6 is 0 Å². The molecule has 0 N–H and O–H groups in total. The summed E-state index contributed by atoms with van der Waals surface area (Å²) in [6.45, 7) is 4.80. The third-order valence-corrected chi connectivity index (χ3v) is 10.5. The first-order valence-corrected chi connectivity index (χ1v) is 16.5. The van der Waals surface area contributed by atoms with Crippen molar-refractivity contribution in [2.75, 3.05) is 4.90 Å². The van der Waals surface area contributed by atoms with E-state index in [1.165, 1.54) is 77.7 Å². The molecule has 222 valence electrons. The molecule has 0 fully saturated rings. The Morgan fingerprint density at radius 2 is 1.13 bits per heavy atom. The van der Waals surface area contributed by atoms with Gasteiger partial charge in [0.05, 0.1) is 16.7 Å². The Bertz CT molecular complexity index is 2520. The molecule has 10 rings (SSSR count). The molecular formula is C45H32N2. The number of rotatable bonds is 4. The molecule has 0 unspecified atom stereocenters. The van der Waals surface area contributed by atoms with Crippen LogP contribution in [0.15, 0.2) is 158 Å². The molecule has 8 aromatic rings. The highest BCUT2D eigenvalue weighted by molar-refractivity contribution is 6.19. The average molecular weight is 601 g/mol. The summed E-state index contributed by atoms with van der Waals surface area (Å²) in [6.07, 6.45) is 0. The predicted octanol–water partition coefficient (Wildman–Crippen LogP) is 12.2. The molecule has 0 radical (unpaired) electrons. The zero-order valence-corrected chi connectivity index (χ0v) is 26.4. The van der Waals surface area contributed by atoms with Crippen molar-refractivity contribution in [1.82, 2.24) is 4.57 Å². The minimum Gasteiger partial charge on any atom is -0.310 e. The number of hydrogen-bond donors (Lipinski definition) is 0. The molecule has 2 heteroatoms. The molecule has 0 bridgehead atoms. The van der Waals surface area contributed by atoms with Gasteiger partial charge in [-0.2, -0.15) is 0 Å². The van der Waals surface area contributed by atoms with Gasteiger partial charge in [0.25, 0.3) is 0 Å². The molecule has 1 aliphatic carbocycles. The summed E-state index contributed by atoms with van der Waals surface area (Å²) in [5.74, 6) is 0. The molecule has 1 aromatic heterocycles. The molecular weight excluding hydrogens is 569 g/mol. The summed E-state index contributed by atoms with van der Waals surface area (Å²) < 4.78 is 2.53. The van der Waals surface area contributed by atoms with Crippen molar-refractivity contribution < 1.29 is 0 Å². The van der Waals surface area contributed by atoms with Crippen molar-refractivity contribution in [3.63, 3.8) is 0 Å². The minimum atomic E-state index is -0.170. The van der Waals surface area contributed by atoms with Crippen LogP contribution in [0.25, 0.3) is 60.9 Å². The normalized spacial score (nSPS) is 13.5. The van der Waals surface area contributed by atoms with Gasteiger partial charge in [0, 0.05) is 44.4 Å². The van der Waals surface area contributed by atoms with Crippen molar-refractivity contribution >= 4 is 38.9 Å². The van der Waals surface area contributed by atoms with Crippen molar-refractivity contribution in [2.45, 2.75) is 19.3 Å². The van der Waals surface area contributed by atoms with E-state index in [4.69, 9.17) is 0 Å². The first kappa shape index (κ1) is 26.4. The molecule has 7 aromatic carbocycles. The second-order valence-electron chi connectivity index (χ2n) is 13.4. The number of benzene rings is 7. The Kier molecular flexibility index (Phi) is 5.37. The number of aromatic nitrogens is 1. The Morgan fingerprint density at radius 1 is 0.468 bits per heavy atom. The van der Waals surface area contributed by atoms with Crippen LogP contribution in [0.5, 0.6) is 0 Å². The maximum Gasteiger partial charge on any atom is 0.0623 e. The molecule has 2 aliphatic rings. The highest BCUT2D eigenvalue weighted by atomic mass is 15.1. The molecule has 1 aliphatic heterocycles. The lowest BCUT2D eigenvalue weighted by molar-refractivity contribution is 0.661. The zero-order chi connectivity index (χ0) is 31.3. The maximum absolute atomic E-state index is 2.53. The Labute approximate surface area is 274 Å². The van der Waals surface area contributed by atoms with Crippen LogP contribution in [0, 0.1) is 0 Å². The van der Waals surface area contributed by atoms with Crippen LogP contribution in [0.3, 0.4) is 0 Å². The number of nitrogens with zero attached hydrogens (tertiary/aromatic N) is 2. The molecule has 0 atom stereocenters. The first-order valence-electron chi connectivity index (χ1n) is 16.5. The van der Waals surface area contributed by atoms with Gasteiger partial charge in [-0.1, -0.05) is 123 Å². The van der Waals surface area contributed by atoms with Gasteiger partial charge in [-0.25, -0.2) is 0 Å². The van der Waals surface area contributed by atoms with E-state index in [1.807, 2.05) is 0 Å². The molecule has 0 saturated carbocycles. The molecule has 2 nitrogen and oxygen atoms in total. The van der Waals surface area contributed by atoms with E-state index in [0.29, 0.717) is 0 Å². The van der Waals surface area contributed by atoms with E-state index < -0.39 is 0 Å². The topological polar surface area (TPSA) is 8.17 Å². The zero-order valence-electron chi connectivity index (χ0n) is 26.4. The Morgan fingerprint density at radius 3 is 1.94 bits per heavy atom. The van der Waals surface area contributed by atoms with Crippen molar-refractivity contribution in [1.29, 1.82) is 0 Å². The van der Waals surface area contributed by atoms with Crippen LogP contribution in [-0.4, -0.2) is 4.57 Å². The lowest BCUT2D eigenvalue weighted by atomic mass is 9.81. The minimum absolute atomic E-state index is 0.170. The third-order valence-electron chi connectivity index (χ3n) is 10.5. The average Bonchev–Trinajstić information content (AvgIpc) is 3.53. The highest BCUT2D eigenvalue weighted by Gasteiger charge is 2.41. The Hall–Kier alpha value is -5.86. The summed E-state index contributed by atoms with van der Waals surface area (Å²) in [4.78, 5) is 2.42. The Balaban J connectivity index is 1.27. The summed E-state index contributed by atoms with van der Waals surface area (Å²) in [7, 11) is 0. The van der Waals surface area contributed by atoms with Gasteiger partial charge in [0.1, 0.15) is 0 Å². The van der Waals surface area contributed by atoms with Crippen LogP contribution in [0.2, 0.25) is 0 Å². The lowest BCUT2D eigenvalue weighted by Crippen LogP contribution is -2.17. The van der Waals surface area contributed by atoms with E-state index >= 15 is 0 Å². The number of hydrogen-bond acceptors (Lipinski definition) is 1. The van der Waals surface area contributed by atoms with Crippen LogP contribution in [-0.2, 0) is 5.41 Å². The van der Waals surface area contributed by atoms with E-state index in [-0.39, 0.29) is 5.41 Å². The van der Waals surface area contributed by atoms with Crippen molar-refractivity contribution in [3.8, 4) is 39.1 Å². The van der Waals surface area contributed by atoms with Gasteiger partial charge in [0.2, 0.25) is 0 Å². The molecule has 0 amide bonds. The SMILES string of the molecule is CC1(C)c2cc(N(c3ccccc3)c3ccc(-c4ccccc4)cc3)cc3c2-c2c1ccc1c4ccccc4n(c21)-c1ccccc1-3. The summed E-state index contributed by atoms with van der Waals surface area (Å²) >= 11 is 0. The van der Waals surface area contributed by atoms with E-state index in [0.717, 1.165) is 11.4 Å². The number of anilines is 3. The van der Waals surface area contributed by atoms with Gasteiger partial charge in [-0.3, -0.25) is 0 Å². The molecule has 47 heavy (non-hydrogen) atoms. The summed E-state index contributed by atoms with van der Waals surface area (Å²) in [5, 5.41) is 2.62. The van der Waals surface area contributed by atoms with Gasteiger partial charge in [-0.15, -0.1) is 0 Å². The van der Waals surface area contributed by atoms with Gasteiger partial charge in [-0.05, 0) is 81.9 Å². The van der Waals surface area contributed by atoms with Crippen LogP contribution < -0.4 is 4.90 Å². The first-order chi connectivity index (χ1) is 23.1. The number of fused-ring (bicyclic) bond motifs is 6. The van der Waals surface area contributed by atoms with Gasteiger partial charge in [0.15, 0.2) is 0 Å². The molecule has 0 saturated heterocycles. The monoisotopic (exact) mass is 600 g/mol. The van der Waals surface area contributed by atoms with Crippen LogP contribution in [0.4, 0.5) is 17.1 Å². The standard InChI is InChI=1S/C45H32N2/c1-45(2)38-26-25-36-34-17-9-11-19-40(34)47-41-20-12-10-18-35(41)37-27-33(28-39(45)42(37)43(38)44(36)47)46(31-15-7-4-8-16-31)32-23-21-30(22-24-32)29-13-5-3-6-14-29/h3-28H,1-2H3. The smallest absolute Gasteiger partial charge is 0.0623 e. The predicted molar refractivity (Wildman–Crippen MR) is 197 cm³/mol. The fourth-order valence-electron chi connectivity index (χ4n) is 8.31. The second kappa shape index (κ2) is 9.57. The quantitative estimate of drug-likeness (QED) is 0.195. The van der Waals surface area contributed by atoms with Crippen molar-refractivity contribution in [2.24, 2.45) is 0 Å². The van der Waals surface area contributed by atoms with E-state index in [9.17, 15) is 0 Å². The maximum atomic E-state index is 2.53. The summed E-state index contributed by atoms with van der Waals surface area (Å²) in [5.41, 5.74) is 17.6. The largest absolute Gasteiger partial charge is 0.310 e. The van der Waals surface area contributed by atoms with Crippen molar-refractivity contribution in [3.05, 3.63) is 169 Å². The van der Waals surface area contributed by atoms with Crippen LogP contribution in [0.1, 0.15) is 25.0 Å². The van der Waals surface area contributed by atoms with E-state index in [2.05, 4.69) is 181 Å². The lowest BCUT2D eigenvalue weighted by Gasteiger charge is -2.29. The van der Waals surface area contributed by atoms with Gasteiger partial charge < -0.3 is 9.47 Å². The van der Waals surface area contributed by atoms with Gasteiger partial charge >= 0.3 is 0 Å². The highest BCUT2D eigenvalue weighted by Crippen LogP contribution is 2.59. The third kappa shape index (κ3) is 3.61. The van der Waals surface area contributed by atoms with E-state index in [1.54, 1.807) is 0 Å². The number of para-hydroxylation sites is 3. The summed E-state index contributed by atoms with van der Waals surface area (Å²) in [6, 6.07) is 57.9. The molecule has 0 spiro atoms. The fraction of sp³-hybridized carbons (Fsp3) is 0.0667. The second-order valence-corrected chi connectivity index (χ2v) is 13.4. The molecule has 2 heterocycles.